The molecule has 0 radical (unpaired) electrons. The number of carbonyl (C=O) groups excluding carboxylic acids is 1. The Balaban J connectivity index is 1.67. The Labute approximate surface area is 160 Å². The van der Waals surface area contributed by atoms with Crippen LogP contribution < -0.4 is 19.5 Å². The molecule has 3 rings (SSSR count). The number of nitrogens with one attached hydrogen (secondary N) is 1. The predicted octanol–water partition coefficient (Wildman–Crippen LogP) is 3.84. The van der Waals surface area contributed by atoms with Crippen molar-refractivity contribution in [3.05, 3.63) is 53.6 Å². The smallest absolute Gasteiger partial charge is 0.221 e. The average molecular weight is 369 g/mol. The van der Waals surface area contributed by atoms with Gasteiger partial charge in [0.1, 0.15) is 0 Å². The minimum atomic E-state index is -0.201. The van der Waals surface area contributed by atoms with Gasteiger partial charge in [-0.2, -0.15) is 0 Å². The first-order chi connectivity index (χ1) is 13.1. The molecule has 1 aliphatic rings. The Kier molecular flexibility index (Phi) is 5.89. The van der Waals surface area contributed by atoms with E-state index in [9.17, 15) is 4.79 Å². The summed E-state index contributed by atoms with van der Waals surface area (Å²) in [5.41, 5.74) is 1.97. The minimum absolute atomic E-state index is 0.0623. The molecule has 27 heavy (non-hydrogen) atoms. The van der Waals surface area contributed by atoms with Crippen LogP contribution in [0.1, 0.15) is 36.8 Å². The number of ether oxygens (including phenoxy) is 3. The lowest BCUT2D eigenvalue weighted by Gasteiger charge is -2.43. The summed E-state index contributed by atoms with van der Waals surface area (Å²) in [7, 11) is 4.76. The standard InChI is InChI=1S/C22H27NO4/c1-25-18-14-16(15-19(26-2)21(18)27-3)10-11-20(24)23-22(12-7-13-22)17-8-5-4-6-9-17/h4-6,8-9,14-15H,7,10-13H2,1-3H3,(H,23,24). The SMILES string of the molecule is COc1cc(CCC(=O)NC2(c3ccccc3)CCC2)cc(OC)c1OC. The van der Waals surface area contributed by atoms with E-state index >= 15 is 0 Å². The molecular weight excluding hydrogens is 342 g/mol. The van der Waals surface area contributed by atoms with Gasteiger partial charge in [-0.15, -0.1) is 0 Å². The highest BCUT2D eigenvalue weighted by Gasteiger charge is 2.39. The van der Waals surface area contributed by atoms with Crippen LogP contribution in [0.5, 0.6) is 17.2 Å². The third kappa shape index (κ3) is 4.02. The maximum Gasteiger partial charge on any atom is 0.221 e. The molecule has 0 spiro atoms. The maximum absolute atomic E-state index is 12.6. The summed E-state index contributed by atoms with van der Waals surface area (Å²) in [6, 6.07) is 14.0. The Hall–Kier alpha value is -2.69. The van der Waals surface area contributed by atoms with Crippen LogP contribution >= 0.6 is 0 Å². The van der Waals surface area contributed by atoms with Crippen molar-refractivity contribution in [3.8, 4) is 17.2 Å². The van der Waals surface area contributed by atoms with Gasteiger partial charge in [-0.1, -0.05) is 30.3 Å². The van der Waals surface area contributed by atoms with Gasteiger partial charge in [-0.3, -0.25) is 4.79 Å². The fourth-order valence-corrected chi connectivity index (χ4v) is 3.64. The summed E-state index contributed by atoms with van der Waals surface area (Å²) in [4.78, 5) is 12.6. The van der Waals surface area contributed by atoms with Gasteiger partial charge >= 0.3 is 0 Å². The normalized spacial score (nSPS) is 14.8. The van der Waals surface area contributed by atoms with Crippen molar-refractivity contribution in [2.24, 2.45) is 0 Å². The topological polar surface area (TPSA) is 56.8 Å². The molecular formula is C22H27NO4. The first-order valence-electron chi connectivity index (χ1n) is 9.27. The highest BCUT2D eigenvalue weighted by molar-refractivity contribution is 5.77. The number of aryl methyl sites for hydroxylation is 1. The van der Waals surface area contributed by atoms with Crippen molar-refractivity contribution < 1.29 is 19.0 Å². The number of hydrogen-bond acceptors (Lipinski definition) is 4. The number of hydrogen-bond donors (Lipinski definition) is 1. The zero-order valence-corrected chi connectivity index (χ0v) is 16.2. The van der Waals surface area contributed by atoms with Crippen molar-refractivity contribution in [3.63, 3.8) is 0 Å². The molecule has 144 valence electrons. The molecule has 0 atom stereocenters. The van der Waals surface area contributed by atoms with Crippen LogP contribution in [0.3, 0.4) is 0 Å². The van der Waals surface area contributed by atoms with Gasteiger partial charge in [0, 0.05) is 6.42 Å². The molecule has 2 aromatic rings. The second-order valence-corrected chi connectivity index (χ2v) is 6.88. The summed E-state index contributed by atoms with van der Waals surface area (Å²) in [6.07, 6.45) is 4.14. The monoisotopic (exact) mass is 369 g/mol. The molecule has 1 saturated carbocycles. The molecule has 1 amide bonds. The fourth-order valence-electron chi connectivity index (χ4n) is 3.64. The Bertz CT molecular complexity index is 759. The van der Waals surface area contributed by atoms with Gasteiger partial charge < -0.3 is 19.5 Å². The van der Waals surface area contributed by atoms with Gasteiger partial charge in [0.2, 0.25) is 11.7 Å². The van der Waals surface area contributed by atoms with Crippen molar-refractivity contribution in [1.29, 1.82) is 0 Å². The fraction of sp³-hybridized carbons (Fsp3) is 0.409. The molecule has 0 aromatic heterocycles. The molecule has 0 heterocycles. The van der Waals surface area contributed by atoms with E-state index in [1.807, 2.05) is 30.3 Å². The summed E-state index contributed by atoms with van der Waals surface area (Å²) >= 11 is 0. The van der Waals surface area contributed by atoms with Crippen LogP contribution in [0.15, 0.2) is 42.5 Å². The molecule has 5 heteroatoms. The molecule has 0 saturated heterocycles. The largest absolute Gasteiger partial charge is 0.493 e. The van der Waals surface area contributed by atoms with Gasteiger partial charge in [0.25, 0.3) is 0 Å². The summed E-state index contributed by atoms with van der Waals surface area (Å²) in [5.74, 6) is 1.83. The third-order valence-electron chi connectivity index (χ3n) is 5.28. The van der Waals surface area contributed by atoms with Crippen molar-refractivity contribution in [1.82, 2.24) is 5.32 Å². The zero-order valence-electron chi connectivity index (χ0n) is 16.2. The average Bonchev–Trinajstić information content (AvgIpc) is 2.68. The molecule has 0 unspecified atom stereocenters. The molecule has 1 N–H and O–H groups in total. The van der Waals surface area contributed by atoms with Gasteiger partial charge in [0.05, 0.1) is 26.9 Å². The van der Waals surface area contributed by atoms with Crippen LogP contribution in [-0.2, 0) is 16.8 Å². The molecule has 1 aliphatic carbocycles. The van der Waals surface area contributed by atoms with E-state index in [1.165, 1.54) is 5.56 Å². The van der Waals surface area contributed by atoms with Crippen LogP contribution in [0.2, 0.25) is 0 Å². The second-order valence-electron chi connectivity index (χ2n) is 6.88. The lowest BCUT2D eigenvalue weighted by atomic mass is 9.71. The Morgan fingerprint density at radius 3 is 2.11 bits per heavy atom. The van der Waals surface area contributed by atoms with Crippen molar-refractivity contribution >= 4 is 5.91 Å². The van der Waals surface area contributed by atoms with Crippen molar-refractivity contribution in [2.45, 2.75) is 37.6 Å². The summed E-state index contributed by atoms with van der Waals surface area (Å²) in [5, 5.41) is 3.27. The molecule has 0 bridgehead atoms. The van der Waals surface area contributed by atoms with E-state index in [1.54, 1.807) is 21.3 Å². The number of amides is 1. The van der Waals surface area contributed by atoms with E-state index in [0.717, 1.165) is 24.8 Å². The Morgan fingerprint density at radius 1 is 1.00 bits per heavy atom. The summed E-state index contributed by atoms with van der Waals surface area (Å²) in [6.45, 7) is 0. The predicted molar refractivity (Wildman–Crippen MR) is 105 cm³/mol. The highest BCUT2D eigenvalue weighted by Crippen LogP contribution is 2.41. The third-order valence-corrected chi connectivity index (χ3v) is 5.28. The first-order valence-corrected chi connectivity index (χ1v) is 9.27. The first kappa shape index (κ1) is 19.1. The lowest BCUT2D eigenvalue weighted by molar-refractivity contribution is -0.124. The number of benzene rings is 2. The minimum Gasteiger partial charge on any atom is -0.493 e. The van der Waals surface area contributed by atoms with Crippen LogP contribution in [0.4, 0.5) is 0 Å². The van der Waals surface area contributed by atoms with Crippen LogP contribution in [0, 0.1) is 0 Å². The summed E-state index contributed by atoms with van der Waals surface area (Å²) < 4.78 is 16.1. The van der Waals surface area contributed by atoms with Gasteiger partial charge in [-0.25, -0.2) is 0 Å². The van der Waals surface area contributed by atoms with Crippen LogP contribution in [0.25, 0.3) is 0 Å². The van der Waals surface area contributed by atoms with E-state index in [4.69, 9.17) is 14.2 Å². The lowest BCUT2D eigenvalue weighted by Crippen LogP contribution is -2.50. The molecule has 5 nitrogen and oxygen atoms in total. The number of carbonyl (C=O) groups is 1. The number of rotatable bonds is 8. The van der Waals surface area contributed by atoms with E-state index in [-0.39, 0.29) is 11.4 Å². The zero-order chi connectivity index (χ0) is 19.3. The van der Waals surface area contributed by atoms with Gasteiger partial charge in [-0.05, 0) is 48.9 Å². The molecule has 1 fully saturated rings. The Morgan fingerprint density at radius 2 is 1.63 bits per heavy atom. The van der Waals surface area contributed by atoms with Gasteiger partial charge in [0.15, 0.2) is 11.5 Å². The van der Waals surface area contributed by atoms with E-state index < -0.39 is 0 Å². The van der Waals surface area contributed by atoms with E-state index in [2.05, 4.69) is 17.4 Å². The number of methoxy groups -OCH3 is 3. The highest BCUT2D eigenvalue weighted by atomic mass is 16.5. The quantitative estimate of drug-likeness (QED) is 0.768. The maximum atomic E-state index is 12.6. The van der Waals surface area contributed by atoms with E-state index in [0.29, 0.717) is 30.1 Å². The molecule has 0 aliphatic heterocycles. The van der Waals surface area contributed by atoms with Crippen molar-refractivity contribution in [2.75, 3.05) is 21.3 Å². The van der Waals surface area contributed by atoms with Crippen LogP contribution in [-0.4, -0.2) is 27.2 Å². The second kappa shape index (κ2) is 8.33. The molecule has 2 aromatic carbocycles.